The first kappa shape index (κ1) is 20.0. The van der Waals surface area contributed by atoms with Crippen molar-refractivity contribution in [2.24, 2.45) is 0 Å². The van der Waals surface area contributed by atoms with Crippen LogP contribution in [0, 0.1) is 0 Å². The maximum atomic E-state index is 12.6. The third kappa shape index (κ3) is 5.57. The molecule has 0 spiro atoms. The number of rotatable bonds is 9. The number of anilines is 2. The lowest BCUT2D eigenvalue weighted by Crippen LogP contribution is -2.35. The summed E-state index contributed by atoms with van der Waals surface area (Å²) in [6.07, 6.45) is 3.37. The maximum absolute atomic E-state index is 12.6. The zero-order chi connectivity index (χ0) is 19.6. The van der Waals surface area contributed by atoms with Gasteiger partial charge in [0.2, 0.25) is 5.91 Å². The summed E-state index contributed by atoms with van der Waals surface area (Å²) in [5.74, 6) is -0.134. The molecule has 0 saturated heterocycles. The SMILES string of the molecule is C=CCN(CC=C)C(=O)CNc1ccc(C(=O)N(C)c2ccccc2)cc1. The van der Waals surface area contributed by atoms with E-state index in [1.165, 1.54) is 0 Å². The molecule has 2 aromatic carbocycles. The summed E-state index contributed by atoms with van der Waals surface area (Å²) in [4.78, 5) is 28.1. The van der Waals surface area contributed by atoms with Crippen LogP contribution in [-0.2, 0) is 4.79 Å². The molecule has 0 heterocycles. The zero-order valence-electron chi connectivity index (χ0n) is 15.6. The first-order valence-electron chi connectivity index (χ1n) is 8.73. The van der Waals surface area contributed by atoms with Crippen LogP contribution in [-0.4, -0.2) is 43.4 Å². The Hall–Kier alpha value is -3.34. The molecule has 1 N–H and O–H groups in total. The second-order valence-electron chi connectivity index (χ2n) is 6.01. The smallest absolute Gasteiger partial charge is 0.258 e. The van der Waals surface area contributed by atoms with Gasteiger partial charge in [-0.1, -0.05) is 30.4 Å². The van der Waals surface area contributed by atoms with Crippen LogP contribution in [0.15, 0.2) is 79.9 Å². The van der Waals surface area contributed by atoms with Gasteiger partial charge in [-0.05, 0) is 36.4 Å². The van der Waals surface area contributed by atoms with Crippen molar-refractivity contribution in [1.29, 1.82) is 0 Å². The summed E-state index contributed by atoms with van der Waals surface area (Å²) < 4.78 is 0. The second-order valence-corrected chi connectivity index (χ2v) is 6.01. The van der Waals surface area contributed by atoms with Crippen molar-refractivity contribution in [2.45, 2.75) is 0 Å². The van der Waals surface area contributed by atoms with Crippen molar-refractivity contribution in [3.8, 4) is 0 Å². The lowest BCUT2D eigenvalue weighted by atomic mass is 10.1. The fraction of sp³-hybridized carbons (Fsp3) is 0.182. The van der Waals surface area contributed by atoms with E-state index in [4.69, 9.17) is 0 Å². The van der Waals surface area contributed by atoms with Crippen LogP contribution in [0.3, 0.4) is 0 Å². The lowest BCUT2D eigenvalue weighted by Gasteiger charge is -2.20. The van der Waals surface area contributed by atoms with E-state index in [2.05, 4.69) is 18.5 Å². The molecule has 0 saturated carbocycles. The Morgan fingerprint density at radius 3 is 2.11 bits per heavy atom. The van der Waals surface area contributed by atoms with E-state index < -0.39 is 0 Å². The van der Waals surface area contributed by atoms with Crippen molar-refractivity contribution in [3.63, 3.8) is 0 Å². The highest BCUT2D eigenvalue weighted by atomic mass is 16.2. The largest absolute Gasteiger partial charge is 0.376 e. The summed E-state index contributed by atoms with van der Waals surface area (Å²) in [6.45, 7) is 8.44. The van der Waals surface area contributed by atoms with E-state index in [9.17, 15) is 9.59 Å². The Bertz CT molecular complexity index is 775. The number of benzene rings is 2. The van der Waals surface area contributed by atoms with Crippen molar-refractivity contribution >= 4 is 23.2 Å². The molecule has 0 unspecified atom stereocenters. The summed E-state index contributed by atoms with van der Waals surface area (Å²) in [5.41, 5.74) is 2.19. The van der Waals surface area contributed by atoms with Gasteiger partial charge >= 0.3 is 0 Å². The zero-order valence-corrected chi connectivity index (χ0v) is 15.6. The Morgan fingerprint density at radius 1 is 0.963 bits per heavy atom. The molecular weight excluding hydrogens is 338 g/mol. The third-order valence-corrected chi connectivity index (χ3v) is 4.08. The normalized spacial score (nSPS) is 9.96. The average molecular weight is 363 g/mol. The number of hydrogen-bond donors (Lipinski definition) is 1. The average Bonchev–Trinajstić information content (AvgIpc) is 2.71. The molecule has 2 amide bonds. The highest BCUT2D eigenvalue weighted by Gasteiger charge is 2.14. The van der Waals surface area contributed by atoms with Gasteiger partial charge in [-0.2, -0.15) is 0 Å². The number of amides is 2. The van der Waals surface area contributed by atoms with Gasteiger partial charge in [0.25, 0.3) is 5.91 Å². The van der Waals surface area contributed by atoms with Crippen LogP contribution in [0.25, 0.3) is 0 Å². The fourth-order valence-electron chi connectivity index (χ4n) is 2.57. The summed E-state index contributed by atoms with van der Waals surface area (Å²) in [5, 5.41) is 3.08. The molecule has 0 aliphatic heterocycles. The molecule has 0 aliphatic carbocycles. The van der Waals surface area contributed by atoms with E-state index in [0.29, 0.717) is 18.7 Å². The second kappa shape index (κ2) is 9.97. The predicted octanol–water partition coefficient (Wildman–Crippen LogP) is 3.58. The molecule has 0 aromatic heterocycles. The highest BCUT2D eigenvalue weighted by Crippen LogP contribution is 2.16. The number of nitrogens with zero attached hydrogens (tertiary/aromatic N) is 2. The fourth-order valence-corrected chi connectivity index (χ4v) is 2.57. The Kier molecular flexibility index (Phi) is 7.37. The highest BCUT2D eigenvalue weighted by molar-refractivity contribution is 6.05. The lowest BCUT2D eigenvalue weighted by molar-refractivity contribution is -0.128. The van der Waals surface area contributed by atoms with Gasteiger partial charge in [0.1, 0.15) is 0 Å². The van der Waals surface area contributed by atoms with Crippen LogP contribution in [0.2, 0.25) is 0 Å². The van der Waals surface area contributed by atoms with Gasteiger partial charge in [0, 0.05) is 37.1 Å². The number of para-hydroxylation sites is 1. The molecule has 140 valence electrons. The summed E-state index contributed by atoms with van der Waals surface area (Å²) in [7, 11) is 1.75. The van der Waals surface area contributed by atoms with Crippen molar-refractivity contribution in [3.05, 3.63) is 85.5 Å². The Balaban J connectivity index is 1.96. The summed E-state index contributed by atoms with van der Waals surface area (Å²) in [6, 6.07) is 16.6. The predicted molar refractivity (Wildman–Crippen MR) is 111 cm³/mol. The van der Waals surface area contributed by atoms with E-state index >= 15 is 0 Å². The molecule has 0 bridgehead atoms. The molecule has 0 radical (unpaired) electrons. The molecule has 5 heteroatoms. The Labute approximate surface area is 160 Å². The van der Waals surface area contributed by atoms with Crippen LogP contribution in [0.1, 0.15) is 10.4 Å². The summed E-state index contributed by atoms with van der Waals surface area (Å²) >= 11 is 0. The molecule has 0 fully saturated rings. The molecule has 27 heavy (non-hydrogen) atoms. The van der Waals surface area contributed by atoms with Gasteiger partial charge in [-0.25, -0.2) is 0 Å². The minimum atomic E-state index is -0.0908. The maximum Gasteiger partial charge on any atom is 0.258 e. The first-order chi connectivity index (χ1) is 13.1. The molecule has 5 nitrogen and oxygen atoms in total. The number of carbonyl (C=O) groups excluding carboxylic acids is 2. The van der Waals surface area contributed by atoms with Gasteiger partial charge in [-0.15, -0.1) is 13.2 Å². The minimum absolute atomic E-state index is 0.0428. The topological polar surface area (TPSA) is 52.7 Å². The van der Waals surface area contributed by atoms with Crippen molar-refractivity contribution in [1.82, 2.24) is 4.90 Å². The third-order valence-electron chi connectivity index (χ3n) is 4.08. The van der Waals surface area contributed by atoms with Crippen molar-refractivity contribution in [2.75, 3.05) is 36.9 Å². The number of carbonyl (C=O) groups is 2. The van der Waals surface area contributed by atoms with E-state index in [0.717, 1.165) is 11.4 Å². The van der Waals surface area contributed by atoms with E-state index in [1.54, 1.807) is 53.3 Å². The standard InChI is InChI=1S/C22H25N3O2/c1-4-15-25(16-5-2)21(26)17-23-19-13-11-18(12-14-19)22(27)24(3)20-9-7-6-8-10-20/h4-14,23H,1-2,15-17H2,3H3. The van der Waals surface area contributed by atoms with Crippen LogP contribution in [0.4, 0.5) is 11.4 Å². The van der Waals surface area contributed by atoms with Crippen LogP contribution >= 0.6 is 0 Å². The monoisotopic (exact) mass is 363 g/mol. The van der Waals surface area contributed by atoms with Crippen LogP contribution < -0.4 is 10.2 Å². The molecule has 0 aliphatic rings. The number of hydrogen-bond acceptors (Lipinski definition) is 3. The molecule has 2 rings (SSSR count). The van der Waals surface area contributed by atoms with Gasteiger partial charge in [0.15, 0.2) is 0 Å². The van der Waals surface area contributed by atoms with Gasteiger partial charge in [-0.3, -0.25) is 9.59 Å². The van der Waals surface area contributed by atoms with Crippen molar-refractivity contribution < 1.29 is 9.59 Å². The Morgan fingerprint density at radius 2 is 1.56 bits per heavy atom. The van der Waals surface area contributed by atoms with Gasteiger partial charge in [0.05, 0.1) is 6.54 Å². The minimum Gasteiger partial charge on any atom is -0.376 e. The molecule has 0 atom stereocenters. The van der Waals surface area contributed by atoms with Gasteiger partial charge < -0.3 is 15.1 Å². The first-order valence-corrected chi connectivity index (χ1v) is 8.73. The quantitative estimate of drug-likeness (QED) is 0.693. The van der Waals surface area contributed by atoms with E-state index in [1.807, 2.05) is 30.3 Å². The number of nitrogens with one attached hydrogen (secondary N) is 1. The molecular formula is C22H25N3O2. The van der Waals surface area contributed by atoms with E-state index in [-0.39, 0.29) is 18.4 Å². The molecule has 2 aromatic rings. The van der Waals surface area contributed by atoms with Crippen LogP contribution in [0.5, 0.6) is 0 Å².